The topological polar surface area (TPSA) is 78.9 Å². The molecule has 0 aromatic rings. The maximum absolute atomic E-state index is 12.8. The van der Waals surface area contributed by atoms with E-state index in [1.54, 1.807) is 0 Å². The molecule has 0 spiro atoms. The zero-order valence-corrected chi connectivity index (χ0v) is 40.4. The summed E-state index contributed by atoms with van der Waals surface area (Å²) >= 11 is 0. The zero-order chi connectivity index (χ0) is 43.3. The third-order valence-corrected chi connectivity index (χ3v) is 12.3. The van der Waals surface area contributed by atoms with Crippen molar-refractivity contribution in [3.63, 3.8) is 0 Å². The van der Waals surface area contributed by atoms with Crippen LogP contribution in [-0.2, 0) is 28.6 Å². The first kappa shape index (κ1) is 57.4. The number of carbonyl (C=O) groups excluding carboxylic acids is 3. The third kappa shape index (κ3) is 45.8. The molecule has 6 nitrogen and oxygen atoms in total. The highest BCUT2D eigenvalue weighted by atomic mass is 16.6. The van der Waals surface area contributed by atoms with Crippen molar-refractivity contribution in [3.8, 4) is 0 Å². The SMILES string of the molecule is CCCCCCCCCCCCCCCC(=O)O[C@@H](COC(=O)CCCCCCCCCCCCCCCC(C)C)COC(=O)CCCCCCCCCCC(C)CC. The van der Waals surface area contributed by atoms with E-state index in [0.29, 0.717) is 19.3 Å². The van der Waals surface area contributed by atoms with Crippen molar-refractivity contribution in [1.29, 1.82) is 0 Å². The van der Waals surface area contributed by atoms with Gasteiger partial charge in [-0.15, -0.1) is 0 Å². The Morgan fingerprint density at radius 1 is 0.356 bits per heavy atom. The molecule has 0 aromatic carbocycles. The van der Waals surface area contributed by atoms with E-state index < -0.39 is 6.10 Å². The van der Waals surface area contributed by atoms with Crippen LogP contribution >= 0.6 is 0 Å². The molecular formula is C53H102O6. The fraction of sp³-hybridized carbons (Fsp3) is 0.943. The van der Waals surface area contributed by atoms with Crippen LogP contribution < -0.4 is 0 Å². The third-order valence-electron chi connectivity index (χ3n) is 12.3. The van der Waals surface area contributed by atoms with Gasteiger partial charge < -0.3 is 14.2 Å². The van der Waals surface area contributed by atoms with Crippen molar-refractivity contribution >= 4 is 17.9 Å². The highest BCUT2D eigenvalue weighted by molar-refractivity contribution is 5.71. The zero-order valence-electron chi connectivity index (χ0n) is 40.4. The first-order valence-electron chi connectivity index (χ1n) is 26.3. The fourth-order valence-electron chi connectivity index (χ4n) is 7.96. The summed E-state index contributed by atoms with van der Waals surface area (Å²) in [5.74, 6) is 0.840. The van der Waals surface area contributed by atoms with Crippen LogP contribution in [0.1, 0.15) is 291 Å². The predicted octanol–water partition coefficient (Wildman–Crippen LogP) is 16.9. The molecule has 0 rings (SSSR count). The van der Waals surface area contributed by atoms with Crippen LogP contribution in [0.4, 0.5) is 0 Å². The van der Waals surface area contributed by atoms with E-state index in [0.717, 1.165) is 69.6 Å². The van der Waals surface area contributed by atoms with Crippen LogP contribution in [0, 0.1) is 11.8 Å². The van der Waals surface area contributed by atoms with Gasteiger partial charge in [-0.1, -0.05) is 253 Å². The first-order valence-corrected chi connectivity index (χ1v) is 26.3. The van der Waals surface area contributed by atoms with Crippen molar-refractivity contribution < 1.29 is 28.6 Å². The quantitative estimate of drug-likeness (QED) is 0.0345. The lowest BCUT2D eigenvalue weighted by Gasteiger charge is -2.18. The summed E-state index contributed by atoms with van der Waals surface area (Å²) < 4.78 is 16.8. The Morgan fingerprint density at radius 2 is 0.644 bits per heavy atom. The molecule has 350 valence electrons. The minimum absolute atomic E-state index is 0.0637. The van der Waals surface area contributed by atoms with Gasteiger partial charge in [0, 0.05) is 19.3 Å². The Balaban J connectivity index is 4.31. The second-order valence-electron chi connectivity index (χ2n) is 18.9. The summed E-state index contributed by atoms with van der Waals surface area (Å²) in [7, 11) is 0. The van der Waals surface area contributed by atoms with E-state index in [1.807, 2.05) is 0 Å². The van der Waals surface area contributed by atoms with Gasteiger partial charge in [-0.2, -0.15) is 0 Å². The molecule has 59 heavy (non-hydrogen) atoms. The summed E-state index contributed by atoms with van der Waals surface area (Å²) in [6, 6.07) is 0. The number of esters is 3. The van der Waals surface area contributed by atoms with Gasteiger partial charge in [-0.25, -0.2) is 0 Å². The number of hydrogen-bond donors (Lipinski definition) is 0. The summed E-state index contributed by atoms with van der Waals surface area (Å²) in [5, 5.41) is 0. The van der Waals surface area contributed by atoms with Crippen LogP contribution in [0.25, 0.3) is 0 Å². The Bertz CT molecular complexity index is 902. The number of carbonyl (C=O) groups is 3. The lowest BCUT2D eigenvalue weighted by atomic mass is 9.99. The molecule has 1 unspecified atom stereocenters. The number of rotatable bonds is 47. The molecule has 0 bridgehead atoms. The molecule has 0 radical (unpaired) electrons. The van der Waals surface area contributed by atoms with E-state index in [2.05, 4.69) is 34.6 Å². The Kier molecular flexibility index (Phi) is 44.7. The van der Waals surface area contributed by atoms with E-state index in [1.165, 1.54) is 180 Å². The Labute approximate surface area is 368 Å². The molecule has 0 saturated heterocycles. The molecule has 2 atom stereocenters. The maximum Gasteiger partial charge on any atom is 0.306 e. The van der Waals surface area contributed by atoms with Crippen molar-refractivity contribution in [2.24, 2.45) is 11.8 Å². The van der Waals surface area contributed by atoms with Crippen molar-refractivity contribution in [2.75, 3.05) is 13.2 Å². The summed E-state index contributed by atoms with van der Waals surface area (Å²) in [6.45, 7) is 11.4. The van der Waals surface area contributed by atoms with Crippen LogP contribution in [0.3, 0.4) is 0 Å². The average Bonchev–Trinajstić information content (AvgIpc) is 3.22. The van der Waals surface area contributed by atoms with Crippen LogP contribution in [0.15, 0.2) is 0 Å². The molecule has 0 fully saturated rings. The minimum atomic E-state index is -0.762. The van der Waals surface area contributed by atoms with Crippen LogP contribution in [0.2, 0.25) is 0 Å². The molecule has 0 heterocycles. The predicted molar refractivity (Wildman–Crippen MR) is 252 cm³/mol. The van der Waals surface area contributed by atoms with Gasteiger partial charge in [0.1, 0.15) is 13.2 Å². The number of hydrogen-bond acceptors (Lipinski definition) is 6. The molecule has 0 amide bonds. The maximum atomic E-state index is 12.8. The van der Waals surface area contributed by atoms with Crippen molar-refractivity contribution in [2.45, 2.75) is 298 Å². The summed E-state index contributed by atoms with van der Waals surface area (Å²) in [5.41, 5.74) is 0. The Hall–Kier alpha value is -1.59. The van der Waals surface area contributed by atoms with E-state index in [4.69, 9.17) is 14.2 Å². The Morgan fingerprint density at radius 3 is 0.966 bits per heavy atom. The lowest BCUT2D eigenvalue weighted by molar-refractivity contribution is -0.167. The monoisotopic (exact) mass is 835 g/mol. The average molecular weight is 835 g/mol. The van der Waals surface area contributed by atoms with Gasteiger partial charge in [0.05, 0.1) is 0 Å². The molecule has 0 aliphatic heterocycles. The smallest absolute Gasteiger partial charge is 0.306 e. The van der Waals surface area contributed by atoms with Gasteiger partial charge >= 0.3 is 17.9 Å². The van der Waals surface area contributed by atoms with Gasteiger partial charge in [0.15, 0.2) is 6.10 Å². The minimum Gasteiger partial charge on any atom is -0.462 e. The highest BCUT2D eigenvalue weighted by Crippen LogP contribution is 2.18. The number of ether oxygens (including phenoxy) is 3. The molecule has 0 aliphatic carbocycles. The fourth-order valence-corrected chi connectivity index (χ4v) is 7.96. The van der Waals surface area contributed by atoms with Crippen LogP contribution in [0.5, 0.6) is 0 Å². The molecule has 0 N–H and O–H groups in total. The normalized spacial score (nSPS) is 12.5. The van der Waals surface area contributed by atoms with Gasteiger partial charge in [-0.3, -0.25) is 14.4 Å². The highest BCUT2D eigenvalue weighted by Gasteiger charge is 2.19. The van der Waals surface area contributed by atoms with E-state index in [9.17, 15) is 14.4 Å². The number of unbranched alkanes of at least 4 members (excludes halogenated alkanes) is 31. The standard InChI is InChI=1S/C53H102O6/c1-6-8-9-10-11-12-13-15-20-23-30-35-40-45-53(56)59-50(47-58-52(55)44-39-34-29-25-24-27-32-37-42-49(5)7-2)46-57-51(54)43-38-33-28-22-19-17-14-16-18-21-26-31-36-41-48(3)4/h48-50H,6-47H2,1-5H3/t49?,50-/m0/s1. The van der Waals surface area contributed by atoms with Gasteiger partial charge in [-0.05, 0) is 31.1 Å². The van der Waals surface area contributed by atoms with Crippen molar-refractivity contribution in [3.05, 3.63) is 0 Å². The molecule has 0 aliphatic rings. The molecule has 0 saturated carbocycles. The molecule has 6 heteroatoms. The van der Waals surface area contributed by atoms with Crippen LogP contribution in [-0.4, -0.2) is 37.2 Å². The molecule has 0 aromatic heterocycles. The van der Waals surface area contributed by atoms with Gasteiger partial charge in [0.2, 0.25) is 0 Å². The summed E-state index contributed by atoms with van der Waals surface area (Å²) in [6.07, 6.45) is 46.5. The summed E-state index contributed by atoms with van der Waals surface area (Å²) in [4.78, 5) is 37.9. The second-order valence-corrected chi connectivity index (χ2v) is 18.9. The second kappa shape index (κ2) is 45.9. The largest absolute Gasteiger partial charge is 0.462 e. The van der Waals surface area contributed by atoms with E-state index in [-0.39, 0.29) is 31.1 Å². The molecular weight excluding hydrogens is 733 g/mol. The van der Waals surface area contributed by atoms with E-state index >= 15 is 0 Å². The first-order chi connectivity index (χ1) is 28.8. The van der Waals surface area contributed by atoms with Crippen molar-refractivity contribution in [1.82, 2.24) is 0 Å². The van der Waals surface area contributed by atoms with Gasteiger partial charge in [0.25, 0.3) is 0 Å². The lowest BCUT2D eigenvalue weighted by Crippen LogP contribution is -2.30.